The Hall–Kier alpha value is -2.41. The predicted molar refractivity (Wildman–Crippen MR) is 89.7 cm³/mol. The maximum absolute atomic E-state index is 12.4. The van der Waals surface area contributed by atoms with E-state index in [0.717, 1.165) is 12.0 Å². The number of carbonyl (C=O) groups excluding carboxylic acids is 2. The van der Waals surface area contributed by atoms with Crippen molar-refractivity contribution < 1.29 is 24.7 Å². The summed E-state index contributed by atoms with van der Waals surface area (Å²) >= 11 is 0. The third-order valence-corrected chi connectivity index (χ3v) is 4.71. The maximum atomic E-state index is 12.4. The minimum atomic E-state index is -0.982. The molecule has 3 atom stereocenters. The summed E-state index contributed by atoms with van der Waals surface area (Å²) in [6, 6.07) is 8.87. The summed E-state index contributed by atoms with van der Waals surface area (Å²) in [5.74, 6) is -3.43. The summed E-state index contributed by atoms with van der Waals surface area (Å²) < 4.78 is 0. The van der Waals surface area contributed by atoms with Crippen LogP contribution in [0.25, 0.3) is 0 Å². The van der Waals surface area contributed by atoms with Gasteiger partial charge in [0.2, 0.25) is 5.91 Å². The minimum Gasteiger partial charge on any atom is -0.481 e. The highest BCUT2D eigenvalue weighted by molar-refractivity contribution is 5.90. The molecule has 0 radical (unpaired) electrons. The van der Waals surface area contributed by atoms with Gasteiger partial charge in [0.05, 0.1) is 11.8 Å². The van der Waals surface area contributed by atoms with Crippen molar-refractivity contribution in [1.82, 2.24) is 10.8 Å². The summed E-state index contributed by atoms with van der Waals surface area (Å²) in [5.41, 5.74) is 2.70. The van der Waals surface area contributed by atoms with Crippen LogP contribution >= 0.6 is 0 Å². The largest absolute Gasteiger partial charge is 0.481 e. The van der Waals surface area contributed by atoms with E-state index in [1.165, 1.54) is 0 Å². The van der Waals surface area contributed by atoms with Crippen molar-refractivity contribution in [2.75, 3.05) is 0 Å². The standard InChI is InChI=1S/C18H24N2O5/c21-16(13-9-5-10-14(13)18(23)24)19-15(17(22)20-25)11-4-8-12-6-2-1-3-7-12/h1-3,6-7,13-15,25H,4-5,8-11H2,(H,19,21)(H,20,22)(H,23,24). The number of aliphatic carboxylic acids is 1. The van der Waals surface area contributed by atoms with Crippen LogP contribution in [0.3, 0.4) is 0 Å². The second kappa shape index (κ2) is 9.17. The van der Waals surface area contributed by atoms with Crippen LogP contribution in [-0.2, 0) is 20.8 Å². The molecular formula is C18H24N2O5. The van der Waals surface area contributed by atoms with Crippen LogP contribution < -0.4 is 10.8 Å². The van der Waals surface area contributed by atoms with E-state index in [2.05, 4.69) is 5.32 Å². The normalized spacial score (nSPS) is 20.7. The molecule has 0 saturated heterocycles. The Labute approximate surface area is 146 Å². The number of benzene rings is 1. The Morgan fingerprint density at radius 3 is 2.44 bits per heavy atom. The molecule has 3 unspecified atom stereocenters. The van der Waals surface area contributed by atoms with Crippen molar-refractivity contribution in [2.24, 2.45) is 11.8 Å². The van der Waals surface area contributed by atoms with Crippen molar-refractivity contribution in [3.8, 4) is 0 Å². The topological polar surface area (TPSA) is 116 Å². The van der Waals surface area contributed by atoms with Crippen LogP contribution in [0.15, 0.2) is 30.3 Å². The smallest absolute Gasteiger partial charge is 0.307 e. The monoisotopic (exact) mass is 348 g/mol. The second-order valence-corrected chi connectivity index (χ2v) is 6.40. The summed E-state index contributed by atoms with van der Waals surface area (Å²) in [7, 11) is 0. The van der Waals surface area contributed by atoms with Gasteiger partial charge in [-0.2, -0.15) is 0 Å². The molecular weight excluding hydrogens is 324 g/mol. The van der Waals surface area contributed by atoms with Gasteiger partial charge < -0.3 is 10.4 Å². The predicted octanol–water partition coefficient (Wildman–Crippen LogP) is 1.50. The minimum absolute atomic E-state index is 0.359. The first-order chi connectivity index (χ1) is 12.0. The van der Waals surface area contributed by atoms with E-state index in [4.69, 9.17) is 5.21 Å². The number of hydrogen-bond donors (Lipinski definition) is 4. The van der Waals surface area contributed by atoms with E-state index >= 15 is 0 Å². The molecule has 25 heavy (non-hydrogen) atoms. The van der Waals surface area contributed by atoms with Gasteiger partial charge in [-0.1, -0.05) is 36.8 Å². The van der Waals surface area contributed by atoms with Crippen molar-refractivity contribution in [3.05, 3.63) is 35.9 Å². The average Bonchev–Trinajstić information content (AvgIpc) is 3.11. The van der Waals surface area contributed by atoms with Gasteiger partial charge in [-0.05, 0) is 37.7 Å². The number of aryl methyl sites for hydroxylation is 1. The maximum Gasteiger partial charge on any atom is 0.307 e. The molecule has 1 aliphatic rings. The highest BCUT2D eigenvalue weighted by atomic mass is 16.5. The lowest BCUT2D eigenvalue weighted by atomic mass is 9.94. The fourth-order valence-electron chi connectivity index (χ4n) is 3.35. The third-order valence-electron chi connectivity index (χ3n) is 4.71. The third kappa shape index (κ3) is 5.29. The highest BCUT2D eigenvalue weighted by Crippen LogP contribution is 2.32. The Bertz CT molecular complexity index is 605. The number of carbonyl (C=O) groups is 3. The van der Waals surface area contributed by atoms with E-state index in [0.29, 0.717) is 32.1 Å². The molecule has 7 heteroatoms. The first-order valence-corrected chi connectivity index (χ1v) is 8.54. The van der Waals surface area contributed by atoms with E-state index in [1.54, 1.807) is 5.48 Å². The number of nitrogens with one attached hydrogen (secondary N) is 2. The van der Waals surface area contributed by atoms with Gasteiger partial charge in [-0.3, -0.25) is 19.6 Å². The lowest BCUT2D eigenvalue weighted by Gasteiger charge is -2.21. The number of rotatable bonds is 8. The molecule has 1 aromatic carbocycles. The molecule has 0 aromatic heterocycles. The van der Waals surface area contributed by atoms with E-state index in [-0.39, 0.29) is 0 Å². The van der Waals surface area contributed by atoms with Crippen LogP contribution in [0.4, 0.5) is 0 Å². The van der Waals surface area contributed by atoms with Crippen LogP contribution in [0.2, 0.25) is 0 Å². The Morgan fingerprint density at radius 2 is 1.80 bits per heavy atom. The van der Waals surface area contributed by atoms with Gasteiger partial charge in [-0.15, -0.1) is 0 Å². The van der Waals surface area contributed by atoms with Crippen LogP contribution in [0.1, 0.15) is 37.7 Å². The zero-order valence-electron chi connectivity index (χ0n) is 14.0. The molecule has 136 valence electrons. The molecule has 0 bridgehead atoms. The SMILES string of the molecule is O=C(NO)C(CCCc1ccccc1)NC(=O)C1CCCC1C(=O)O. The van der Waals surface area contributed by atoms with Crippen LogP contribution in [0, 0.1) is 11.8 Å². The lowest BCUT2D eigenvalue weighted by Crippen LogP contribution is -2.48. The summed E-state index contributed by atoms with van der Waals surface area (Å²) in [6.07, 6.45) is 3.40. The number of carboxylic acids is 1. The van der Waals surface area contributed by atoms with Crippen LogP contribution in [0.5, 0.6) is 0 Å². The number of hydroxylamine groups is 1. The van der Waals surface area contributed by atoms with Crippen molar-refractivity contribution in [1.29, 1.82) is 0 Å². The first kappa shape index (κ1) is 18.9. The quantitative estimate of drug-likeness (QED) is 0.420. The Balaban J connectivity index is 1.92. The molecule has 1 aromatic rings. The molecule has 0 aliphatic heterocycles. The summed E-state index contributed by atoms with van der Waals surface area (Å²) in [4.78, 5) is 35.4. The molecule has 2 amide bonds. The fourth-order valence-corrected chi connectivity index (χ4v) is 3.35. The van der Waals surface area contributed by atoms with Crippen molar-refractivity contribution in [3.63, 3.8) is 0 Å². The van der Waals surface area contributed by atoms with E-state index in [1.807, 2.05) is 30.3 Å². The van der Waals surface area contributed by atoms with Crippen LogP contribution in [-0.4, -0.2) is 34.1 Å². The summed E-state index contributed by atoms with van der Waals surface area (Å²) in [5, 5.41) is 20.7. The Morgan fingerprint density at radius 1 is 1.12 bits per heavy atom. The van der Waals surface area contributed by atoms with Gasteiger partial charge in [0.1, 0.15) is 6.04 Å². The Kier molecular flexibility index (Phi) is 6.94. The van der Waals surface area contributed by atoms with Gasteiger partial charge in [0, 0.05) is 0 Å². The zero-order chi connectivity index (χ0) is 18.2. The highest BCUT2D eigenvalue weighted by Gasteiger charge is 2.38. The van der Waals surface area contributed by atoms with Crippen molar-refractivity contribution >= 4 is 17.8 Å². The fraction of sp³-hybridized carbons (Fsp3) is 0.500. The van der Waals surface area contributed by atoms with E-state index < -0.39 is 35.7 Å². The average molecular weight is 348 g/mol. The van der Waals surface area contributed by atoms with Gasteiger partial charge in [0.25, 0.3) is 5.91 Å². The molecule has 1 fully saturated rings. The van der Waals surface area contributed by atoms with Gasteiger partial charge in [0.15, 0.2) is 0 Å². The first-order valence-electron chi connectivity index (χ1n) is 8.54. The number of hydrogen-bond acceptors (Lipinski definition) is 4. The van der Waals surface area contributed by atoms with Gasteiger partial charge >= 0.3 is 5.97 Å². The zero-order valence-corrected chi connectivity index (χ0v) is 14.0. The molecule has 0 heterocycles. The summed E-state index contributed by atoms with van der Waals surface area (Å²) in [6.45, 7) is 0. The molecule has 1 saturated carbocycles. The molecule has 0 spiro atoms. The van der Waals surface area contributed by atoms with Crippen molar-refractivity contribution in [2.45, 2.75) is 44.6 Å². The molecule has 7 nitrogen and oxygen atoms in total. The molecule has 1 aliphatic carbocycles. The van der Waals surface area contributed by atoms with Gasteiger partial charge in [-0.25, -0.2) is 5.48 Å². The second-order valence-electron chi connectivity index (χ2n) is 6.40. The molecule has 4 N–H and O–H groups in total. The number of carboxylic acid groups (broad SMARTS) is 1. The van der Waals surface area contributed by atoms with E-state index in [9.17, 15) is 19.5 Å². The molecule has 2 rings (SSSR count). The lowest BCUT2D eigenvalue weighted by molar-refractivity contribution is -0.146. The number of amides is 2.